The summed E-state index contributed by atoms with van der Waals surface area (Å²) in [6.07, 6.45) is -2.08. The quantitative estimate of drug-likeness (QED) is 0.868. The van der Waals surface area contributed by atoms with E-state index in [2.05, 4.69) is 19.9 Å². The molecule has 1 fully saturated rings. The van der Waals surface area contributed by atoms with Gasteiger partial charge < -0.3 is 19.9 Å². The summed E-state index contributed by atoms with van der Waals surface area (Å²) < 4.78 is 40.4. The summed E-state index contributed by atoms with van der Waals surface area (Å²) in [6.45, 7) is 2.09. The number of ether oxygens (including phenoxy) is 1. The van der Waals surface area contributed by atoms with Gasteiger partial charge in [0.1, 0.15) is 11.4 Å². The van der Waals surface area contributed by atoms with Gasteiger partial charge in [0.15, 0.2) is 0 Å². The van der Waals surface area contributed by atoms with Crippen LogP contribution in [0.1, 0.15) is 16.9 Å². The Kier molecular flexibility index (Phi) is 4.87. The topological polar surface area (TPSA) is 57.4 Å². The first-order chi connectivity index (χ1) is 11.9. The molecule has 1 aromatic carbocycles. The van der Waals surface area contributed by atoms with E-state index >= 15 is 0 Å². The Labute approximate surface area is 142 Å². The molecule has 1 amide bonds. The molecule has 1 aliphatic heterocycles. The van der Waals surface area contributed by atoms with Crippen LogP contribution in [0.4, 0.5) is 18.9 Å². The molecule has 3 rings (SSSR count). The molecule has 0 aliphatic carbocycles. The van der Waals surface area contributed by atoms with Crippen molar-refractivity contribution in [3.63, 3.8) is 0 Å². The van der Waals surface area contributed by atoms with Crippen molar-refractivity contribution in [1.82, 2.24) is 10.3 Å². The molecule has 2 heterocycles. The van der Waals surface area contributed by atoms with Crippen LogP contribution in [0.25, 0.3) is 0 Å². The van der Waals surface area contributed by atoms with Gasteiger partial charge in [0.2, 0.25) is 0 Å². The number of hydrogen-bond donors (Lipinski definition) is 2. The van der Waals surface area contributed by atoms with Crippen molar-refractivity contribution >= 4 is 11.6 Å². The zero-order valence-corrected chi connectivity index (χ0v) is 13.3. The predicted octanol–water partition coefficient (Wildman–Crippen LogP) is 3.17. The Morgan fingerprint density at radius 1 is 1.28 bits per heavy atom. The number of nitrogens with zero attached hydrogens (tertiary/aromatic N) is 1. The largest absolute Gasteiger partial charge is 0.573 e. The first-order valence-electron chi connectivity index (χ1n) is 7.93. The number of alkyl halides is 3. The average molecular weight is 353 g/mol. The number of halogens is 3. The maximum atomic E-state index is 12.2. The average Bonchev–Trinajstić information content (AvgIpc) is 3.24. The Hall–Kier alpha value is -2.64. The smallest absolute Gasteiger partial charge is 0.406 e. The lowest BCUT2D eigenvalue weighted by Gasteiger charge is -2.19. The van der Waals surface area contributed by atoms with Crippen LogP contribution < -0.4 is 15.0 Å². The maximum Gasteiger partial charge on any atom is 0.573 e. The van der Waals surface area contributed by atoms with Crippen molar-refractivity contribution in [2.45, 2.75) is 12.8 Å². The van der Waals surface area contributed by atoms with Crippen molar-refractivity contribution in [1.29, 1.82) is 0 Å². The lowest BCUT2D eigenvalue weighted by atomic mass is 10.1. The highest BCUT2D eigenvalue weighted by Crippen LogP contribution is 2.28. The van der Waals surface area contributed by atoms with Crippen molar-refractivity contribution in [2.24, 2.45) is 5.92 Å². The second kappa shape index (κ2) is 7.08. The molecule has 0 saturated carbocycles. The summed E-state index contributed by atoms with van der Waals surface area (Å²) in [5.41, 5.74) is 1.36. The van der Waals surface area contributed by atoms with E-state index in [0.29, 0.717) is 18.2 Å². The minimum Gasteiger partial charge on any atom is -0.406 e. The summed E-state index contributed by atoms with van der Waals surface area (Å²) in [5.74, 6) is -0.0766. The van der Waals surface area contributed by atoms with Gasteiger partial charge in [-0.1, -0.05) is 0 Å². The maximum absolute atomic E-state index is 12.2. The SMILES string of the molecule is O=C(NC[C@@H]1CCN(c2ccc(OC(F)(F)F)cc2)C1)c1ccc[nH]1. The van der Waals surface area contributed by atoms with E-state index in [9.17, 15) is 18.0 Å². The monoisotopic (exact) mass is 353 g/mol. The van der Waals surface area contributed by atoms with Crippen molar-refractivity contribution in [3.8, 4) is 5.75 Å². The molecule has 1 aliphatic rings. The fraction of sp³-hybridized carbons (Fsp3) is 0.353. The van der Waals surface area contributed by atoms with E-state index in [1.54, 1.807) is 30.5 Å². The summed E-state index contributed by atoms with van der Waals surface area (Å²) >= 11 is 0. The van der Waals surface area contributed by atoms with E-state index in [1.807, 2.05) is 0 Å². The predicted molar refractivity (Wildman–Crippen MR) is 86.6 cm³/mol. The lowest BCUT2D eigenvalue weighted by Crippen LogP contribution is -2.31. The Balaban J connectivity index is 1.50. The fourth-order valence-electron chi connectivity index (χ4n) is 2.90. The van der Waals surface area contributed by atoms with E-state index < -0.39 is 6.36 Å². The van der Waals surface area contributed by atoms with E-state index in [0.717, 1.165) is 25.2 Å². The van der Waals surface area contributed by atoms with Gasteiger partial charge in [-0.3, -0.25) is 4.79 Å². The molecule has 1 saturated heterocycles. The third-order valence-corrected chi connectivity index (χ3v) is 4.12. The molecule has 5 nitrogen and oxygen atoms in total. The number of carbonyl (C=O) groups is 1. The van der Waals surface area contributed by atoms with Crippen LogP contribution in [0.2, 0.25) is 0 Å². The number of aromatic amines is 1. The molecule has 0 spiro atoms. The number of rotatable bonds is 5. The molecule has 2 N–H and O–H groups in total. The highest BCUT2D eigenvalue weighted by molar-refractivity contribution is 5.92. The van der Waals surface area contributed by atoms with Crippen molar-refractivity contribution in [2.75, 3.05) is 24.5 Å². The van der Waals surface area contributed by atoms with Crippen LogP contribution in [-0.2, 0) is 0 Å². The molecule has 134 valence electrons. The molecule has 25 heavy (non-hydrogen) atoms. The zero-order valence-electron chi connectivity index (χ0n) is 13.3. The molecule has 1 atom stereocenters. The van der Waals surface area contributed by atoms with E-state index in [1.165, 1.54) is 12.1 Å². The first-order valence-corrected chi connectivity index (χ1v) is 7.93. The summed E-state index contributed by atoms with van der Waals surface area (Å²) in [4.78, 5) is 16.8. The molecular formula is C17H18F3N3O2. The van der Waals surface area contributed by atoms with Gasteiger partial charge in [0.05, 0.1) is 0 Å². The van der Waals surface area contributed by atoms with Gasteiger partial charge in [0, 0.05) is 31.5 Å². The molecular weight excluding hydrogens is 335 g/mol. The first kappa shape index (κ1) is 17.2. The van der Waals surface area contributed by atoms with Gasteiger partial charge in [0.25, 0.3) is 5.91 Å². The standard InChI is InChI=1S/C17H18F3N3O2/c18-17(19,20)25-14-5-3-13(4-6-14)23-9-7-12(11-23)10-22-16(24)15-2-1-8-21-15/h1-6,8,12,21H,7,9-11H2,(H,22,24)/t12-/m0/s1. The minimum absolute atomic E-state index is 0.142. The number of nitrogens with one attached hydrogen (secondary N) is 2. The van der Waals surface area contributed by atoms with Crippen LogP contribution in [0.15, 0.2) is 42.6 Å². The molecule has 2 aromatic rings. The second-order valence-electron chi connectivity index (χ2n) is 5.94. The number of hydrogen-bond acceptors (Lipinski definition) is 3. The number of anilines is 1. The fourth-order valence-corrected chi connectivity index (χ4v) is 2.90. The summed E-state index contributed by atoms with van der Waals surface area (Å²) in [5, 5.41) is 2.89. The molecule has 0 radical (unpaired) electrons. The Morgan fingerprint density at radius 3 is 2.68 bits per heavy atom. The third-order valence-electron chi connectivity index (χ3n) is 4.12. The van der Waals surface area contributed by atoms with Crippen molar-refractivity contribution < 1.29 is 22.7 Å². The van der Waals surface area contributed by atoms with Crippen LogP contribution in [0.5, 0.6) is 5.75 Å². The number of benzene rings is 1. The molecule has 8 heteroatoms. The number of carbonyl (C=O) groups excluding carboxylic acids is 1. The summed E-state index contributed by atoms with van der Waals surface area (Å²) in [7, 11) is 0. The van der Waals surface area contributed by atoms with Gasteiger partial charge in [-0.2, -0.15) is 0 Å². The molecule has 1 aromatic heterocycles. The van der Waals surface area contributed by atoms with Crippen LogP contribution in [0.3, 0.4) is 0 Å². The van der Waals surface area contributed by atoms with Gasteiger partial charge in [-0.15, -0.1) is 13.2 Å². The number of aromatic nitrogens is 1. The van der Waals surface area contributed by atoms with E-state index in [4.69, 9.17) is 0 Å². The highest BCUT2D eigenvalue weighted by Gasteiger charge is 2.31. The van der Waals surface area contributed by atoms with Crippen molar-refractivity contribution in [3.05, 3.63) is 48.3 Å². The Bertz CT molecular complexity index is 699. The van der Waals surface area contributed by atoms with Gasteiger partial charge >= 0.3 is 6.36 Å². The molecule has 0 bridgehead atoms. The minimum atomic E-state index is -4.68. The normalized spacial score (nSPS) is 17.6. The summed E-state index contributed by atoms with van der Waals surface area (Å²) in [6, 6.07) is 9.31. The van der Waals surface area contributed by atoms with Gasteiger partial charge in [-0.05, 0) is 48.7 Å². The van der Waals surface area contributed by atoms with E-state index in [-0.39, 0.29) is 11.7 Å². The van der Waals surface area contributed by atoms with Crippen LogP contribution in [0, 0.1) is 5.92 Å². The van der Waals surface area contributed by atoms with Crippen LogP contribution in [-0.4, -0.2) is 36.9 Å². The van der Waals surface area contributed by atoms with Gasteiger partial charge in [-0.25, -0.2) is 0 Å². The highest BCUT2D eigenvalue weighted by atomic mass is 19.4. The van der Waals surface area contributed by atoms with Crippen LogP contribution >= 0.6 is 0 Å². The Morgan fingerprint density at radius 2 is 2.04 bits per heavy atom. The number of amides is 1. The zero-order chi connectivity index (χ0) is 17.9. The number of H-pyrrole nitrogens is 1. The third kappa shape index (κ3) is 4.68. The lowest BCUT2D eigenvalue weighted by molar-refractivity contribution is -0.274. The second-order valence-corrected chi connectivity index (χ2v) is 5.94. The molecule has 0 unspecified atom stereocenters.